The van der Waals surface area contributed by atoms with Gasteiger partial charge in [0.2, 0.25) is 0 Å². The van der Waals surface area contributed by atoms with Crippen LogP contribution in [-0.2, 0) is 16.8 Å². The Morgan fingerprint density at radius 2 is 2.12 bits per heavy atom. The quantitative estimate of drug-likeness (QED) is 0.822. The Bertz CT molecular complexity index is 352. The van der Waals surface area contributed by atoms with Gasteiger partial charge in [0.05, 0.1) is 0 Å². The van der Waals surface area contributed by atoms with Gasteiger partial charge in [-0.15, -0.1) is 0 Å². The monoisotopic (exact) mass is 237 g/mol. The highest BCUT2D eigenvalue weighted by Gasteiger charge is 2.24. The standard InChI is InChI=1S/C13H23N3O/c1-5-10(14)9-11-7-8-15-12(16-11)13(3,4)17-6-2/h7-8,10H,5-6,9,14H2,1-4H3. The molecule has 0 fully saturated rings. The molecule has 4 heteroatoms. The van der Waals surface area contributed by atoms with E-state index >= 15 is 0 Å². The van der Waals surface area contributed by atoms with Crippen LogP contribution in [0.2, 0.25) is 0 Å². The molecule has 0 spiro atoms. The van der Waals surface area contributed by atoms with Crippen LogP contribution in [0.25, 0.3) is 0 Å². The van der Waals surface area contributed by atoms with E-state index in [0.29, 0.717) is 6.61 Å². The van der Waals surface area contributed by atoms with Gasteiger partial charge >= 0.3 is 0 Å². The normalized spacial score (nSPS) is 13.7. The number of nitrogens with zero attached hydrogens (tertiary/aromatic N) is 2. The van der Waals surface area contributed by atoms with Crippen molar-refractivity contribution in [2.75, 3.05) is 6.61 Å². The van der Waals surface area contributed by atoms with Gasteiger partial charge in [0.25, 0.3) is 0 Å². The Morgan fingerprint density at radius 3 is 2.71 bits per heavy atom. The minimum absolute atomic E-state index is 0.160. The summed E-state index contributed by atoms with van der Waals surface area (Å²) in [5.41, 5.74) is 6.47. The van der Waals surface area contributed by atoms with Crippen molar-refractivity contribution in [3.63, 3.8) is 0 Å². The molecule has 2 N–H and O–H groups in total. The Balaban J connectivity index is 2.85. The smallest absolute Gasteiger partial charge is 0.159 e. The zero-order valence-electron chi connectivity index (χ0n) is 11.2. The maximum Gasteiger partial charge on any atom is 0.159 e. The number of hydrogen-bond acceptors (Lipinski definition) is 4. The molecule has 0 radical (unpaired) electrons. The summed E-state index contributed by atoms with van der Waals surface area (Å²) in [6, 6.07) is 2.08. The Hall–Kier alpha value is -1.00. The van der Waals surface area contributed by atoms with Crippen molar-refractivity contribution in [3.05, 3.63) is 23.8 Å². The third-order valence-corrected chi connectivity index (χ3v) is 2.75. The van der Waals surface area contributed by atoms with Gasteiger partial charge in [-0.3, -0.25) is 0 Å². The lowest BCUT2D eigenvalue weighted by atomic mass is 10.1. The van der Waals surface area contributed by atoms with Crippen molar-refractivity contribution in [1.82, 2.24) is 9.97 Å². The zero-order valence-corrected chi connectivity index (χ0v) is 11.2. The molecule has 0 aromatic carbocycles. The maximum absolute atomic E-state index is 5.93. The Labute approximate surface area is 104 Å². The summed E-state index contributed by atoms with van der Waals surface area (Å²) in [6.07, 6.45) is 3.52. The molecule has 4 nitrogen and oxygen atoms in total. The van der Waals surface area contributed by atoms with Crippen molar-refractivity contribution in [1.29, 1.82) is 0 Å². The minimum Gasteiger partial charge on any atom is -0.368 e. The van der Waals surface area contributed by atoms with E-state index in [-0.39, 0.29) is 6.04 Å². The molecule has 0 saturated carbocycles. The highest BCUT2D eigenvalue weighted by molar-refractivity contribution is 5.08. The van der Waals surface area contributed by atoms with Crippen LogP contribution in [0.5, 0.6) is 0 Å². The molecule has 0 aliphatic rings. The van der Waals surface area contributed by atoms with E-state index in [1.165, 1.54) is 0 Å². The molecule has 0 amide bonds. The Kier molecular flexibility index (Phi) is 5.02. The second-order valence-corrected chi connectivity index (χ2v) is 4.69. The molecule has 1 atom stereocenters. The zero-order chi connectivity index (χ0) is 12.9. The number of rotatable bonds is 6. The molecule has 1 unspecified atom stereocenters. The number of nitrogens with two attached hydrogens (primary N) is 1. The van der Waals surface area contributed by atoms with Crippen LogP contribution in [0.1, 0.15) is 45.6 Å². The van der Waals surface area contributed by atoms with Crippen LogP contribution in [-0.4, -0.2) is 22.6 Å². The molecular formula is C13H23N3O. The lowest BCUT2D eigenvalue weighted by Gasteiger charge is -2.23. The summed E-state index contributed by atoms with van der Waals surface area (Å²) in [5.74, 6) is 0.722. The SMILES string of the molecule is CCOC(C)(C)c1nccc(CC(N)CC)n1. The largest absolute Gasteiger partial charge is 0.368 e. The number of ether oxygens (including phenoxy) is 1. The first kappa shape index (κ1) is 14.1. The first-order chi connectivity index (χ1) is 7.99. The third-order valence-electron chi connectivity index (χ3n) is 2.75. The predicted octanol–water partition coefficient (Wildman–Crippen LogP) is 2.03. The van der Waals surface area contributed by atoms with Gasteiger partial charge < -0.3 is 10.5 Å². The summed E-state index contributed by atoms with van der Waals surface area (Å²) in [6.45, 7) is 8.66. The molecule has 0 saturated heterocycles. The fraction of sp³-hybridized carbons (Fsp3) is 0.692. The first-order valence-corrected chi connectivity index (χ1v) is 6.21. The van der Waals surface area contributed by atoms with Gasteiger partial charge in [-0.05, 0) is 33.3 Å². The topological polar surface area (TPSA) is 61.0 Å². The summed E-state index contributed by atoms with van der Waals surface area (Å²) in [7, 11) is 0. The van der Waals surface area contributed by atoms with Crippen molar-refractivity contribution >= 4 is 0 Å². The van der Waals surface area contributed by atoms with Crippen molar-refractivity contribution in [2.24, 2.45) is 5.73 Å². The highest BCUT2D eigenvalue weighted by Crippen LogP contribution is 2.20. The first-order valence-electron chi connectivity index (χ1n) is 6.21. The predicted molar refractivity (Wildman–Crippen MR) is 68.7 cm³/mol. The highest BCUT2D eigenvalue weighted by atomic mass is 16.5. The molecular weight excluding hydrogens is 214 g/mol. The van der Waals surface area contributed by atoms with Crippen LogP contribution in [0.4, 0.5) is 0 Å². The van der Waals surface area contributed by atoms with Gasteiger partial charge in [-0.2, -0.15) is 0 Å². The fourth-order valence-corrected chi connectivity index (χ4v) is 1.64. The van der Waals surface area contributed by atoms with E-state index in [4.69, 9.17) is 10.5 Å². The van der Waals surface area contributed by atoms with E-state index in [0.717, 1.165) is 24.4 Å². The molecule has 1 rings (SSSR count). The molecule has 0 aliphatic carbocycles. The van der Waals surface area contributed by atoms with E-state index in [1.807, 2.05) is 26.8 Å². The lowest BCUT2D eigenvalue weighted by molar-refractivity contribution is -0.0209. The number of hydrogen-bond donors (Lipinski definition) is 1. The summed E-state index contributed by atoms with van der Waals surface area (Å²) in [4.78, 5) is 8.82. The van der Waals surface area contributed by atoms with Crippen LogP contribution in [0.15, 0.2) is 12.3 Å². The van der Waals surface area contributed by atoms with Gasteiger partial charge in [0.1, 0.15) is 5.60 Å². The minimum atomic E-state index is -0.443. The van der Waals surface area contributed by atoms with Crippen LogP contribution in [0.3, 0.4) is 0 Å². The van der Waals surface area contributed by atoms with E-state index < -0.39 is 5.60 Å². The average Bonchev–Trinajstić information content (AvgIpc) is 2.29. The maximum atomic E-state index is 5.93. The van der Waals surface area contributed by atoms with Crippen LogP contribution in [0, 0.1) is 0 Å². The molecule has 17 heavy (non-hydrogen) atoms. The second-order valence-electron chi connectivity index (χ2n) is 4.69. The van der Waals surface area contributed by atoms with E-state index in [2.05, 4.69) is 16.9 Å². The Morgan fingerprint density at radius 1 is 1.41 bits per heavy atom. The van der Waals surface area contributed by atoms with E-state index in [1.54, 1.807) is 6.20 Å². The fourth-order valence-electron chi connectivity index (χ4n) is 1.64. The number of aromatic nitrogens is 2. The molecule has 0 bridgehead atoms. The molecule has 1 aromatic heterocycles. The van der Waals surface area contributed by atoms with Crippen molar-refractivity contribution < 1.29 is 4.74 Å². The molecule has 96 valence electrons. The third kappa shape index (κ3) is 4.06. The van der Waals surface area contributed by atoms with Crippen LogP contribution < -0.4 is 5.73 Å². The van der Waals surface area contributed by atoms with Gasteiger partial charge in [-0.25, -0.2) is 9.97 Å². The van der Waals surface area contributed by atoms with Gasteiger partial charge in [0, 0.05) is 31.0 Å². The summed E-state index contributed by atoms with van der Waals surface area (Å²) in [5, 5.41) is 0. The molecule has 0 aliphatic heterocycles. The van der Waals surface area contributed by atoms with Crippen molar-refractivity contribution in [2.45, 2.75) is 52.2 Å². The molecule has 1 aromatic rings. The van der Waals surface area contributed by atoms with E-state index in [9.17, 15) is 0 Å². The molecule has 1 heterocycles. The summed E-state index contributed by atoms with van der Waals surface area (Å²) < 4.78 is 5.65. The van der Waals surface area contributed by atoms with Gasteiger partial charge in [-0.1, -0.05) is 6.92 Å². The summed E-state index contributed by atoms with van der Waals surface area (Å²) >= 11 is 0. The lowest BCUT2D eigenvalue weighted by Crippen LogP contribution is -2.27. The van der Waals surface area contributed by atoms with Crippen molar-refractivity contribution in [3.8, 4) is 0 Å². The average molecular weight is 237 g/mol. The second kappa shape index (κ2) is 6.07. The van der Waals surface area contributed by atoms with Crippen LogP contribution >= 0.6 is 0 Å². The van der Waals surface area contributed by atoms with Gasteiger partial charge in [0.15, 0.2) is 5.82 Å².